The number of aliphatic hydroxyl groups is 1. The van der Waals surface area contributed by atoms with Gasteiger partial charge in [0, 0.05) is 18.7 Å². The van der Waals surface area contributed by atoms with Crippen molar-refractivity contribution in [2.24, 2.45) is 0 Å². The van der Waals surface area contributed by atoms with Crippen LogP contribution in [0.25, 0.3) is 0 Å². The number of aliphatic hydroxyl groups excluding tert-OH is 1. The Morgan fingerprint density at radius 3 is 2.51 bits per heavy atom. The molecule has 11 heteroatoms. The summed E-state index contributed by atoms with van der Waals surface area (Å²) in [5, 5.41) is 20.3. The number of hydrogen-bond donors (Lipinski definition) is 3. The maximum atomic E-state index is 12.8. The number of carboxylic acids is 1. The van der Waals surface area contributed by atoms with Gasteiger partial charge in [-0.15, -0.1) is 0 Å². The van der Waals surface area contributed by atoms with Crippen molar-refractivity contribution in [2.45, 2.75) is 44.5 Å². The summed E-state index contributed by atoms with van der Waals surface area (Å²) in [6.45, 7) is -0.163. The zero-order chi connectivity index (χ0) is 25.6. The van der Waals surface area contributed by atoms with E-state index in [2.05, 4.69) is 17.4 Å². The van der Waals surface area contributed by atoms with Crippen molar-refractivity contribution in [1.29, 1.82) is 0 Å². The number of nitrogens with one attached hydrogen (secondary N) is 1. The number of aromatic nitrogens is 1. The average molecular weight is 487 g/mol. The Labute approximate surface area is 201 Å². The van der Waals surface area contributed by atoms with Gasteiger partial charge in [-0.25, -0.2) is 9.59 Å². The van der Waals surface area contributed by atoms with Crippen LogP contribution in [-0.4, -0.2) is 64.5 Å². The third-order valence-electron chi connectivity index (χ3n) is 5.42. The van der Waals surface area contributed by atoms with Crippen LogP contribution in [0.4, 0.5) is 4.79 Å². The number of benzene rings is 1. The van der Waals surface area contributed by atoms with Crippen molar-refractivity contribution in [3.05, 3.63) is 66.0 Å². The van der Waals surface area contributed by atoms with Gasteiger partial charge in [0.05, 0.1) is 6.61 Å². The average Bonchev–Trinajstić information content (AvgIpc) is 2.87. The lowest BCUT2D eigenvalue weighted by atomic mass is 9.96. The highest BCUT2D eigenvalue weighted by Crippen LogP contribution is 2.21. The minimum Gasteiger partial charge on any atom is -0.480 e. The fraction of sp³-hybridized carbons (Fsp3) is 0.375. The lowest BCUT2D eigenvalue weighted by Crippen LogP contribution is -2.47. The number of nitrogens with zero attached hydrogens (tertiary/aromatic N) is 2. The van der Waals surface area contributed by atoms with Crippen LogP contribution < -0.4 is 9.88 Å². The molecule has 1 aromatic heterocycles. The second-order valence-electron chi connectivity index (χ2n) is 7.81. The molecular weight excluding hydrogens is 458 g/mol. The highest BCUT2D eigenvalue weighted by Gasteiger charge is 2.28. The molecule has 1 aliphatic heterocycles. The Kier molecular flexibility index (Phi) is 11.1. The Balaban J connectivity index is 0.00000137. The number of aliphatic carboxylic acids is 1. The molecule has 11 nitrogen and oxygen atoms in total. The fourth-order valence-electron chi connectivity index (χ4n) is 3.72. The quantitative estimate of drug-likeness (QED) is 0.462. The molecule has 2 aromatic rings. The molecule has 0 bridgehead atoms. The molecule has 1 fully saturated rings. The number of hydrogen-bond acceptors (Lipinski definition) is 7. The third-order valence-corrected chi connectivity index (χ3v) is 5.42. The molecular formula is C24H28N3O8+. The van der Waals surface area contributed by atoms with Gasteiger partial charge < -0.3 is 25.2 Å². The van der Waals surface area contributed by atoms with E-state index in [9.17, 15) is 14.4 Å². The molecule has 35 heavy (non-hydrogen) atoms. The molecule has 1 aliphatic rings. The van der Waals surface area contributed by atoms with E-state index in [0.29, 0.717) is 6.54 Å². The Morgan fingerprint density at radius 2 is 1.86 bits per heavy atom. The molecule has 0 spiro atoms. The zero-order valence-corrected chi connectivity index (χ0v) is 19.0. The van der Waals surface area contributed by atoms with E-state index in [1.807, 2.05) is 18.2 Å². The van der Waals surface area contributed by atoms with Crippen molar-refractivity contribution in [3.63, 3.8) is 0 Å². The number of rotatable bonds is 8. The Bertz CT molecular complexity index is 1020. The normalized spacial score (nSPS) is 15.6. The zero-order valence-electron chi connectivity index (χ0n) is 19.0. The molecule has 2 amide bonds. The number of carboxylic acid groups (broad SMARTS) is 1. The highest BCUT2D eigenvalue weighted by molar-refractivity contribution is 5.96. The van der Waals surface area contributed by atoms with Crippen molar-refractivity contribution in [3.8, 4) is 0 Å². The molecule has 186 valence electrons. The topological polar surface area (TPSA) is 154 Å². The Morgan fingerprint density at radius 1 is 1.14 bits per heavy atom. The molecule has 2 heterocycles. The summed E-state index contributed by atoms with van der Waals surface area (Å²) in [7, 11) is 0. The van der Waals surface area contributed by atoms with Crippen LogP contribution >= 0.6 is 0 Å². The molecule has 3 N–H and O–H groups in total. The summed E-state index contributed by atoms with van der Waals surface area (Å²) in [4.78, 5) is 54.0. The molecule has 0 unspecified atom stereocenters. The van der Waals surface area contributed by atoms with Gasteiger partial charge in [-0.2, -0.15) is 14.2 Å². The van der Waals surface area contributed by atoms with Crippen LogP contribution in [0.3, 0.4) is 0 Å². The second kappa shape index (κ2) is 14.2. The van der Waals surface area contributed by atoms with Crippen LogP contribution in [0.15, 0.2) is 54.9 Å². The molecule has 2 atom stereocenters. The van der Waals surface area contributed by atoms with Crippen molar-refractivity contribution < 1.29 is 43.5 Å². The van der Waals surface area contributed by atoms with Crippen molar-refractivity contribution >= 4 is 24.1 Å². The van der Waals surface area contributed by atoms with Crippen LogP contribution in [0.2, 0.25) is 0 Å². The van der Waals surface area contributed by atoms with Crippen LogP contribution in [0, 0.1) is 0 Å². The van der Waals surface area contributed by atoms with Gasteiger partial charge in [-0.05, 0) is 37.3 Å². The first-order chi connectivity index (χ1) is 16.9. The fourth-order valence-corrected chi connectivity index (χ4v) is 3.72. The van der Waals surface area contributed by atoms with E-state index in [1.165, 1.54) is 22.4 Å². The number of amides is 2. The van der Waals surface area contributed by atoms with E-state index in [-0.39, 0.29) is 24.5 Å². The first kappa shape index (κ1) is 27.2. The number of carbonyl (C=O) groups excluding carboxylic acids is 4. The molecule has 0 radical (unpaired) electrons. The minimum absolute atomic E-state index is 0.0761. The van der Waals surface area contributed by atoms with Gasteiger partial charge in [0.1, 0.15) is 5.56 Å². The number of piperidine rings is 1. The van der Waals surface area contributed by atoms with Gasteiger partial charge in [0.25, 0.3) is 12.6 Å². The highest BCUT2D eigenvalue weighted by atomic mass is 16.6. The van der Waals surface area contributed by atoms with Gasteiger partial charge in [-0.1, -0.05) is 30.3 Å². The van der Waals surface area contributed by atoms with E-state index < -0.39 is 30.6 Å². The largest absolute Gasteiger partial charge is 0.480 e. The standard InChI is InChI=1S/C23H27N3O6.CO2/c27-15-20(22(29)30)24-21(28)18-9-6-11-25(14-18)16-32-23(31)26-12-5-4-10-19(26)13-17-7-2-1-3-8-17;2-1-3/h1-3,6-9,11,14,19-20,27H,4-5,10,12-13,15-16H2,(H-,24,28,29,30);/p+1/t19-,20+;/m1./s1. The van der Waals surface area contributed by atoms with Crippen LogP contribution in [0.5, 0.6) is 0 Å². The van der Waals surface area contributed by atoms with Gasteiger partial charge in [0.15, 0.2) is 18.4 Å². The maximum absolute atomic E-state index is 12.8. The lowest BCUT2D eigenvalue weighted by Gasteiger charge is -2.34. The summed E-state index contributed by atoms with van der Waals surface area (Å²) in [6, 6.07) is 11.8. The lowest BCUT2D eigenvalue weighted by molar-refractivity contribution is -0.727. The first-order valence-electron chi connectivity index (χ1n) is 11.0. The van der Waals surface area contributed by atoms with E-state index in [4.69, 9.17) is 24.5 Å². The van der Waals surface area contributed by atoms with E-state index >= 15 is 0 Å². The number of ether oxygens (including phenoxy) is 1. The second-order valence-corrected chi connectivity index (χ2v) is 7.81. The maximum Gasteiger partial charge on any atom is 0.414 e. The SMILES string of the molecule is O=C(N[C@@H](CO)C(=O)O)c1ccc[n+](COC(=O)N2CCCC[C@@H]2Cc2ccccc2)c1.O=C=O. The van der Waals surface area contributed by atoms with Crippen LogP contribution in [-0.2, 0) is 32.3 Å². The molecule has 0 saturated carbocycles. The van der Waals surface area contributed by atoms with Crippen molar-refractivity contribution in [2.75, 3.05) is 13.2 Å². The van der Waals surface area contributed by atoms with E-state index in [1.54, 1.807) is 17.2 Å². The summed E-state index contributed by atoms with van der Waals surface area (Å²) >= 11 is 0. The number of pyridine rings is 1. The van der Waals surface area contributed by atoms with Gasteiger partial charge in [-0.3, -0.25) is 4.79 Å². The first-order valence-corrected chi connectivity index (χ1v) is 11.0. The summed E-state index contributed by atoms with van der Waals surface area (Å²) in [6.07, 6.45) is 6.63. The van der Waals surface area contributed by atoms with Crippen molar-refractivity contribution in [1.82, 2.24) is 10.2 Å². The van der Waals surface area contributed by atoms with Gasteiger partial charge >= 0.3 is 18.2 Å². The molecule has 0 aliphatic carbocycles. The van der Waals surface area contributed by atoms with Gasteiger partial charge in [0.2, 0.25) is 0 Å². The van der Waals surface area contributed by atoms with Crippen LogP contribution in [0.1, 0.15) is 35.2 Å². The minimum atomic E-state index is -1.39. The monoisotopic (exact) mass is 486 g/mol. The predicted octanol–water partition coefficient (Wildman–Crippen LogP) is 0.757. The molecule has 1 aromatic carbocycles. The number of carbonyl (C=O) groups is 3. The summed E-state index contributed by atoms with van der Waals surface area (Å²) in [5.74, 6) is -1.98. The summed E-state index contributed by atoms with van der Waals surface area (Å²) < 4.78 is 7.02. The van der Waals surface area contributed by atoms with E-state index in [0.717, 1.165) is 25.7 Å². The summed E-state index contributed by atoms with van der Waals surface area (Å²) in [5.41, 5.74) is 1.36. The molecule has 1 saturated heterocycles. The Hall–Kier alpha value is -4.08. The smallest absolute Gasteiger partial charge is 0.414 e. The predicted molar refractivity (Wildman–Crippen MR) is 119 cm³/mol. The third kappa shape index (κ3) is 8.65. The molecule has 3 rings (SSSR count). The number of likely N-dealkylation sites (tertiary alicyclic amines) is 1.